The number of hydrogen-bond acceptors (Lipinski definition) is 4. The Balaban J connectivity index is 3.41. The molecular weight excluding hydrogens is 364 g/mol. The minimum Gasteiger partial charge on any atom is -0.481 e. The van der Waals surface area contributed by atoms with Crippen molar-refractivity contribution in [1.82, 2.24) is 4.98 Å². The lowest BCUT2D eigenvalue weighted by atomic mass is 9.82. The average molecular weight is 387 g/mol. The highest BCUT2D eigenvalue weighted by molar-refractivity contribution is 9.10. The van der Waals surface area contributed by atoms with E-state index in [0.717, 1.165) is 0 Å². The third kappa shape index (κ3) is 4.75. The van der Waals surface area contributed by atoms with Crippen LogP contribution in [0.5, 0.6) is 0 Å². The van der Waals surface area contributed by atoms with Crippen LogP contribution in [0.25, 0.3) is 0 Å². The zero-order chi connectivity index (χ0) is 18.0. The molecule has 1 aromatic heterocycles. The van der Waals surface area contributed by atoms with Crippen LogP contribution in [-0.2, 0) is 15.2 Å². The minimum atomic E-state index is -1.70. The molecule has 0 saturated carbocycles. The van der Waals surface area contributed by atoms with Gasteiger partial charge in [0.05, 0.1) is 17.8 Å². The van der Waals surface area contributed by atoms with Crippen molar-refractivity contribution in [3.05, 3.63) is 22.4 Å². The summed E-state index contributed by atoms with van der Waals surface area (Å²) in [5.74, 6) is -1.80. The smallest absolute Gasteiger partial charge is 0.306 e. The molecule has 0 aliphatic carbocycles. The molecule has 0 aromatic carbocycles. The Kier molecular flexibility index (Phi) is 5.93. The van der Waals surface area contributed by atoms with Gasteiger partial charge < -0.3 is 15.5 Å². The van der Waals surface area contributed by atoms with Gasteiger partial charge in [-0.15, -0.1) is 0 Å². The summed E-state index contributed by atoms with van der Waals surface area (Å²) < 4.78 is 0.450. The summed E-state index contributed by atoms with van der Waals surface area (Å²) in [4.78, 5) is 27.7. The fraction of sp³-hybridized carbons (Fsp3) is 0.562. The molecule has 0 aliphatic heterocycles. The van der Waals surface area contributed by atoms with E-state index in [4.69, 9.17) is 5.11 Å². The summed E-state index contributed by atoms with van der Waals surface area (Å²) in [5.41, 5.74) is -1.88. The molecule has 3 N–H and O–H groups in total. The molecule has 0 aliphatic rings. The molecule has 0 spiro atoms. The van der Waals surface area contributed by atoms with Gasteiger partial charge in [-0.2, -0.15) is 0 Å². The zero-order valence-corrected chi connectivity index (χ0v) is 15.6. The predicted molar refractivity (Wildman–Crippen MR) is 91.0 cm³/mol. The topological polar surface area (TPSA) is 99.5 Å². The van der Waals surface area contributed by atoms with Gasteiger partial charge in [0.15, 0.2) is 0 Å². The summed E-state index contributed by atoms with van der Waals surface area (Å²) in [5, 5.41) is 22.8. The molecule has 128 valence electrons. The Morgan fingerprint density at radius 2 is 1.87 bits per heavy atom. The molecule has 1 heterocycles. The highest BCUT2D eigenvalue weighted by Crippen LogP contribution is 2.37. The van der Waals surface area contributed by atoms with Crippen LogP contribution in [0.15, 0.2) is 16.7 Å². The Labute approximate surface area is 144 Å². The molecule has 23 heavy (non-hydrogen) atoms. The number of hydrogen-bond donors (Lipinski definition) is 3. The summed E-state index contributed by atoms with van der Waals surface area (Å²) in [6.45, 7) is 8.71. The first kappa shape index (κ1) is 19.6. The lowest BCUT2D eigenvalue weighted by molar-refractivity contribution is -0.145. The Hall–Kier alpha value is -1.47. The van der Waals surface area contributed by atoms with E-state index in [0.29, 0.717) is 10.3 Å². The maximum absolute atomic E-state index is 12.2. The number of pyridine rings is 1. The van der Waals surface area contributed by atoms with E-state index in [9.17, 15) is 14.7 Å². The molecule has 1 aromatic rings. The van der Waals surface area contributed by atoms with Crippen molar-refractivity contribution in [3.8, 4) is 0 Å². The van der Waals surface area contributed by atoms with E-state index in [1.54, 1.807) is 46.8 Å². The Bertz CT molecular complexity index is 611. The number of amides is 1. The van der Waals surface area contributed by atoms with Gasteiger partial charge in [-0.3, -0.25) is 9.59 Å². The van der Waals surface area contributed by atoms with Gasteiger partial charge in [-0.1, -0.05) is 34.6 Å². The van der Waals surface area contributed by atoms with Crippen LogP contribution in [0.3, 0.4) is 0 Å². The van der Waals surface area contributed by atoms with Gasteiger partial charge >= 0.3 is 5.97 Å². The standard InChI is InChI=1S/C16H23BrN2O4/c1-9(2)16(23,8-12(20)21)13-10(6-7-11(17)19-13)18-14(22)15(3,4)5/h6-7,9,23H,8H2,1-5H3,(H,18,22)(H,20,21). The lowest BCUT2D eigenvalue weighted by Gasteiger charge is -2.32. The number of aromatic nitrogens is 1. The fourth-order valence-electron chi connectivity index (χ4n) is 1.97. The molecule has 1 atom stereocenters. The zero-order valence-electron chi connectivity index (χ0n) is 14.0. The third-order valence-electron chi connectivity index (χ3n) is 3.58. The summed E-state index contributed by atoms with van der Waals surface area (Å²) in [6, 6.07) is 3.23. The molecule has 0 bridgehead atoms. The molecule has 1 unspecified atom stereocenters. The van der Waals surface area contributed by atoms with Crippen molar-refractivity contribution in [2.24, 2.45) is 11.3 Å². The van der Waals surface area contributed by atoms with Crippen molar-refractivity contribution in [2.45, 2.75) is 46.6 Å². The normalized spacial score (nSPS) is 14.4. The summed E-state index contributed by atoms with van der Waals surface area (Å²) in [7, 11) is 0. The van der Waals surface area contributed by atoms with Gasteiger partial charge in [0.2, 0.25) is 5.91 Å². The second kappa shape index (κ2) is 6.97. The largest absolute Gasteiger partial charge is 0.481 e. The van der Waals surface area contributed by atoms with Crippen LogP contribution in [0.4, 0.5) is 5.69 Å². The first-order valence-electron chi connectivity index (χ1n) is 7.30. The number of carbonyl (C=O) groups excluding carboxylic acids is 1. The Morgan fingerprint density at radius 1 is 1.30 bits per heavy atom. The number of carbonyl (C=O) groups is 2. The second-order valence-corrected chi connectivity index (χ2v) is 7.70. The van der Waals surface area contributed by atoms with Crippen molar-refractivity contribution < 1.29 is 19.8 Å². The number of rotatable bonds is 5. The first-order valence-corrected chi connectivity index (χ1v) is 8.10. The maximum Gasteiger partial charge on any atom is 0.306 e. The van der Waals surface area contributed by atoms with Gasteiger partial charge in [0, 0.05) is 5.41 Å². The van der Waals surface area contributed by atoms with Crippen LogP contribution in [0.2, 0.25) is 0 Å². The maximum atomic E-state index is 12.2. The number of aliphatic carboxylic acids is 1. The van der Waals surface area contributed by atoms with Crippen LogP contribution in [0, 0.1) is 11.3 Å². The molecule has 1 rings (SSSR count). The summed E-state index contributed by atoms with van der Waals surface area (Å²) in [6.07, 6.45) is -0.507. The van der Waals surface area contributed by atoms with Gasteiger partial charge in [0.25, 0.3) is 0 Å². The van der Waals surface area contributed by atoms with E-state index in [1.165, 1.54) is 0 Å². The molecule has 0 saturated heterocycles. The van der Waals surface area contributed by atoms with Gasteiger partial charge in [-0.05, 0) is 34.0 Å². The van der Waals surface area contributed by atoms with E-state index >= 15 is 0 Å². The highest BCUT2D eigenvalue weighted by atomic mass is 79.9. The summed E-state index contributed by atoms with van der Waals surface area (Å²) >= 11 is 3.23. The van der Waals surface area contributed by atoms with E-state index in [-0.39, 0.29) is 11.6 Å². The monoisotopic (exact) mass is 386 g/mol. The SMILES string of the molecule is CC(C)C(O)(CC(=O)O)c1nc(Br)ccc1NC(=O)C(C)(C)C. The van der Waals surface area contributed by atoms with E-state index in [1.807, 2.05) is 0 Å². The van der Waals surface area contributed by atoms with Crippen molar-refractivity contribution in [1.29, 1.82) is 0 Å². The third-order valence-corrected chi connectivity index (χ3v) is 4.02. The number of carboxylic acid groups (broad SMARTS) is 1. The van der Waals surface area contributed by atoms with Crippen LogP contribution < -0.4 is 5.32 Å². The van der Waals surface area contributed by atoms with Crippen LogP contribution in [-0.4, -0.2) is 27.1 Å². The number of halogens is 1. The average Bonchev–Trinajstić information content (AvgIpc) is 2.38. The number of nitrogens with zero attached hydrogens (tertiary/aromatic N) is 1. The Morgan fingerprint density at radius 3 is 2.30 bits per heavy atom. The molecule has 1 amide bonds. The van der Waals surface area contributed by atoms with Crippen molar-refractivity contribution in [3.63, 3.8) is 0 Å². The second-order valence-electron chi connectivity index (χ2n) is 6.88. The number of nitrogens with one attached hydrogen (secondary N) is 1. The van der Waals surface area contributed by atoms with Crippen LogP contribution >= 0.6 is 15.9 Å². The fourth-order valence-corrected chi connectivity index (χ4v) is 2.28. The van der Waals surface area contributed by atoms with Crippen LogP contribution in [0.1, 0.15) is 46.7 Å². The number of carboxylic acids is 1. The number of anilines is 1. The molecule has 0 fully saturated rings. The van der Waals surface area contributed by atoms with E-state index in [2.05, 4.69) is 26.2 Å². The van der Waals surface area contributed by atoms with Gasteiger partial charge in [-0.25, -0.2) is 4.98 Å². The molecule has 7 heteroatoms. The predicted octanol–water partition coefficient (Wildman–Crippen LogP) is 3.15. The lowest BCUT2D eigenvalue weighted by Crippen LogP contribution is -2.37. The van der Waals surface area contributed by atoms with Crippen molar-refractivity contribution >= 4 is 33.5 Å². The highest BCUT2D eigenvalue weighted by Gasteiger charge is 2.40. The first-order chi connectivity index (χ1) is 10.4. The molecular formula is C16H23BrN2O4. The van der Waals surface area contributed by atoms with E-state index < -0.39 is 29.3 Å². The van der Waals surface area contributed by atoms with Gasteiger partial charge in [0.1, 0.15) is 10.2 Å². The quantitative estimate of drug-likeness (QED) is 0.674. The minimum absolute atomic E-state index is 0.141. The van der Waals surface area contributed by atoms with Crippen molar-refractivity contribution in [2.75, 3.05) is 5.32 Å². The molecule has 0 radical (unpaired) electrons. The number of aliphatic hydroxyl groups is 1. The molecule has 6 nitrogen and oxygen atoms in total.